The first kappa shape index (κ1) is 11.1. The van der Waals surface area contributed by atoms with Crippen LogP contribution < -0.4 is 5.73 Å². The third-order valence-corrected chi connectivity index (χ3v) is 1.45. The summed E-state index contributed by atoms with van der Waals surface area (Å²) in [6.45, 7) is 0. The summed E-state index contributed by atoms with van der Waals surface area (Å²) in [7, 11) is 0. The number of halogens is 2. The van der Waals surface area contributed by atoms with E-state index in [1.165, 1.54) is 0 Å². The summed E-state index contributed by atoms with van der Waals surface area (Å²) in [6, 6.07) is 5.77. The van der Waals surface area contributed by atoms with Gasteiger partial charge in [-0.25, -0.2) is 4.98 Å². The Hall–Kier alpha value is -0.930. The second-order valence-electron chi connectivity index (χ2n) is 2.11. The lowest BCUT2D eigenvalue weighted by molar-refractivity contribution is 1.20. The summed E-state index contributed by atoms with van der Waals surface area (Å²) in [5.74, 6) is 0.676. The Bertz CT molecular complexity index is 358. The van der Waals surface area contributed by atoms with Crippen molar-refractivity contribution in [1.82, 2.24) is 9.38 Å². The van der Waals surface area contributed by atoms with E-state index in [1.807, 2.05) is 28.8 Å². The van der Waals surface area contributed by atoms with Gasteiger partial charge in [0.25, 0.3) is 0 Å². The van der Waals surface area contributed by atoms with Crippen LogP contribution in [-0.4, -0.2) is 9.38 Å². The fourth-order valence-electron chi connectivity index (χ4n) is 0.952. The van der Waals surface area contributed by atoms with Gasteiger partial charge in [0.2, 0.25) is 0 Å². The average molecular weight is 206 g/mol. The first-order valence-electron chi connectivity index (χ1n) is 3.05. The number of fused-ring (bicyclic) bond motifs is 1. The van der Waals surface area contributed by atoms with Crippen molar-refractivity contribution in [2.24, 2.45) is 0 Å². The van der Waals surface area contributed by atoms with E-state index in [9.17, 15) is 0 Å². The summed E-state index contributed by atoms with van der Waals surface area (Å²) in [5.41, 5.74) is 6.47. The van der Waals surface area contributed by atoms with Crippen molar-refractivity contribution in [1.29, 1.82) is 0 Å². The van der Waals surface area contributed by atoms with Gasteiger partial charge < -0.3 is 5.73 Å². The van der Waals surface area contributed by atoms with Crippen molar-refractivity contribution in [2.75, 3.05) is 5.73 Å². The van der Waals surface area contributed by atoms with Crippen LogP contribution in [0.25, 0.3) is 5.65 Å². The quantitative estimate of drug-likeness (QED) is 0.713. The van der Waals surface area contributed by atoms with E-state index in [1.54, 1.807) is 6.20 Å². The molecule has 0 aromatic carbocycles. The lowest BCUT2D eigenvalue weighted by Gasteiger charge is -1.91. The molecule has 0 fully saturated rings. The number of nitrogens with zero attached hydrogens (tertiary/aromatic N) is 2. The topological polar surface area (TPSA) is 43.3 Å². The Morgan fingerprint density at radius 2 is 2.00 bits per heavy atom. The highest BCUT2D eigenvalue weighted by atomic mass is 35.5. The van der Waals surface area contributed by atoms with Gasteiger partial charge in [-0.3, -0.25) is 4.40 Å². The number of aromatic nitrogens is 2. The van der Waals surface area contributed by atoms with E-state index in [4.69, 9.17) is 5.73 Å². The third-order valence-electron chi connectivity index (χ3n) is 1.45. The minimum Gasteiger partial charge on any atom is -0.383 e. The molecule has 0 unspecified atom stereocenters. The summed E-state index contributed by atoms with van der Waals surface area (Å²) >= 11 is 0. The number of hydrogen-bond acceptors (Lipinski definition) is 2. The van der Waals surface area contributed by atoms with Crippen molar-refractivity contribution in [3.05, 3.63) is 30.6 Å². The van der Waals surface area contributed by atoms with Crippen molar-refractivity contribution in [3.63, 3.8) is 0 Å². The molecular weight excluding hydrogens is 197 g/mol. The maximum absolute atomic E-state index is 5.58. The van der Waals surface area contributed by atoms with Crippen molar-refractivity contribution < 1.29 is 0 Å². The van der Waals surface area contributed by atoms with Crippen LogP contribution in [0.4, 0.5) is 5.82 Å². The lowest BCUT2D eigenvalue weighted by Crippen LogP contribution is -1.90. The monoisotopic (exact) mass is 205 g/mol. The minimum atomic E-state index is 0. The third kappa shape index (κ3) is 1.62. The molecule has 0 aliphatic rings. The molecule has 2 aromatic rings. The fraction of sp³-hybridized carbons (Fsp3) is 0. The molecule has 2 aromatic heterocycles. The molecule has 0 saturated carbocycles. The van der Waals surface area contributed by atoms with Crippen LogP contribution in [0.15, 0.2) is 30.6 Å². The van der Waals surface area contributed by atoms with Crippen LogP contribution in [0.1, 0.15) is 0 Å². The summed E-state index contributed by atoms with van der Waals surface area (Å²) in [4.78, 5) is 4.06. The number of nitrogen functional groups attached to an aromatic ring is 1. The van der Waals surface area contributed by atoms with Gasteiger partial charge in [-0.05, 0) is 12.1 Å². The standard InChI is InChI=1S/C7H7N3.2ClH/c8-6-5-9-7-3-1-2-4-10(6)7;;/h1-5H,8H2;2*1H. The summed E-state index contributed by atoms with van der Waals surface area (Å²) in [6.07, 6.45) is 3.53. The first-order valence-corrected chi connectivity index (χ1v) is 3.05. The molecule has 2 rings (SSSR count). The maximum atomic E-state index is 5.58. The molecule has 0 aliphatic carbocycles. The van der Waals surface area contributed by atoms with E-state index in [-0.39, 0.29) is 24.8 Å². The minimum absolute atomic E-state index is 0. The van der Waals surface area contributed by atoms with E-state index in [2.05, 4.69) is 4.98 Å². The second kappa shape index (κ2) is 4.18. The highest BCUT2D eigenvalue weighted by Crippen LogP contribution is 2.05. The number of imidazole rings is 1. The molecule has 2 heterocycles. The normalized spacial score (nSPS) is 8.67. The summed E-state index contributed by atoms with van der Waals surface area (Å²) in [5, 5.41) is 0. The van der Waals surface area contributed by atoms with Crippen molar-refractivity contribution in [2.45, 2.75) is 0 Å². The zero-order chi connectivity index (χ0) is 6.97. The molecule has 0 aliphatic heterocycles. The van der Waals surface area contributed by atoms with Gasteiger partial charge in [0.05, 0.1) is 6.20 Å². The predicted octanol–water partition coefficient (Wildman–Crippen LogP) is 1.76. The Balaban J connectivity index is 0.000000605. The average Bonchev–Trinajstić information content (AvgIpc) is 2.34. The molecule has 66 valence electrons. The Morgan fingerprint density at radius 1 is 1.25 bits per heavy atom. The van der Waals surface area contributed by atoms with Gasteiger partial charge in [-0.1, -0.05) is 6.07 Å². The van der Waals surface area contributed by atoms with Crippen LogP contribution in [0.5, 0.6) is 0 Å². The van der Waals surface area contributed by atoms with Gasteiger partial charge in [-0.2, -0.15) is 0 Å². The zero-order valence-electron chi connectivity index (χ0n) is 6.18. The maximum Gasteiger partial charge on any atom is 0.138 e. The van der Waals surface area contributed by atoms with Crippen LogP contribution in [0.3, 0.4) is 0 Å². The highest BCUT2D eigenvalue weighted by Gasteiger charge is 1.93. The first-order chi connectivity index (χ1) is 4.88. The van der Waals surface area contributed by atoms with Crippen LogP contribution in [-0.2, 0) is 0 Å². The number of pyridine rings is 1. The van der Waals surface area contributed by atoms with Gasteiger partial charge in [0, 0.05) is 6.20 Å². The molecule has 12 heavy (non-hydrogen) atoms. The summed E-state index contributed by atoms with van der Waals surface area (Å²) < 4.78 is 1.83. The molecular formula is C7H9Cl2N3. The SMILES string of the molecule is Cl.Cl.Nc1cnc2ccccn12. The molecule has 2 N–H and O–H groups in total. The number of rotatable bonds is 0. The van der Waals surface area contributed by atoms with Gasteiger partial charge in [0.1, 0.15) is 11.5 Å². The van der Waals surface area contributed by atoms with E-state index in [0.29, 0.717) is 5.82 Å². The van der Waals surface area contributed by atoms with Gasteiger partial charge in [0.15, 0.2) is 0 Å². The second-order valence-corrected chi connectivity index (χ2v) is 2.11. The molecule has 0 amide bonds. The number of nitrogens with two attached hydrogens (primary N) is 1. The largest absolute Gasteiger partial charge is 0.383 e. The van der Waals surface area contributed by atoms with Crippen LogP contribution in [0.2, 0.25) is 0 Å². The number of anilines is 1. The van der Waals surface area contributed by atoms with E-state index < -0.39 is 0 Å². The van der Waals surface area contributed by atoms with Crippen molar-refractivity contribution in [3.8, 4) is 0 Å². The predicted molar refractivity (Wildman–Crippen MR) is 54.1 cm³/mol. The lowest BCUT2D eigenvalue weighted by atomic mass is 10.5. The number of hydrogen-bond donors (Lipinski definition) is 1. The Morgan fingerprint density at radius 3 is 2.67 bits per heavy atom. The molecule has 0 saturated heterocycles. The molecule has 0 atom stereocenters. The van der Waals surface area contributed by atoms with Crippen LogP contribution in [0, 0.1) is 0 Å². The molecule has 0 spiro atoms. The molecule has 0 radical (unpaired) electrons. The fourth-order valence-corrected chi connectivity index (χ4v) is 0.952. The molecule has 3 nitrogen and oxygen atoms in total. The van der Waals surface area contributed by atoms with Crippen LogP contribution >= 0.6 is 24.8 Å². The highest BCUT2D eigenvalue weighted by molar-refractivity contribution is 5.85. The van der Waals surface area contributed by atoms with Gasteiger partial charge >= 0.3 is 0 Å². The zero-order valence-corrected chi connectivity index (χ0v) is 7.81. The van der Waals surface area contributed by atoms with Gasteiger partial charge in [-0.15, -0.1) is 24.8 Å². The smallest absolute Gasteiger partial charge is 0.138 e. The molecule has 5 heteroatoms. The van der Waals surface area contributed by atoms with E-state index >= 15 is 0 Å². The van der Waals surface area contributed by atoms with Crippen molar-refractivity contribution >= 4 is 36.3 Å². The Kier molecular flexibility index (Phi) is 3.86. The van der Waals surface area contributed by atoms with E-state index in [0.717, 1.165) is 5.65 Å². The molecule has 0 bridgehead atoms. The Labute approximate surface area is 82.4 Å².